The minimum atomic E-state index is -0.595. The molecule has 3 rings (SSSR count). The molecule has 5 heteroatoms. The van der Waals surface area contributed by atoms with Gasteiger partial charge in [0.1, 0.15) is 25.0 Å². The fourth-order valence-electron chi connectivity index (χ4n) is 3.38. The number of hydrogen-bond donors (Lipinski definition) is 1. The fourth-order valence-corrected chi connectivity index (χ4v) is 3.51. The summed E-state index contributed by atoms with van der Waals surface area (Å²) in [6.45, 7) is 6.01. The number of halogens is 1. The Kier molecular flexibility index (Phi) is 6.17. The first-order valence-electron chi connectivity index (χ1n) is 9.20. The highest BCUT2D eigenvalue weighted by atomic mass is 35.5. The molecule has 0 unspecified atom stereocenters. The predicted molar refractivity (Wildman–Crippen MR) is 105 cm³/mol. The number of aliphatic hydroxyl groups excluding tert-OH is 1. The van der Waals surface area contributed by atoms with Crippen LogP contribution in [0.15, 0.2) is 48.5 Å². The second kappa shape index (κ2) is 8.56. The molecule has 0 aliphatic heterocycles. The summed E-state index contributed by atoms with van der Waals surface area (Å²) >= 11 is 5.89. The largest absolute Gasteiger partial charge is 0.491 e. The lowest BCUT2D eigenvalue weighted by Crippen LogP contribution is -2.45. The van der Waals surface area contributed by atoms with Crippen molar-refractivity contribution in [2.24, 2.45) is 0 Å². The van der Waals surface area contributed by atoms with E-state index in [0.29, 0.717) is 17.3 Å². The van der Waals surface area contributed by atoms with Crippen LogP contribution < -0.4 is 9.30 Å². The van der Waals surface area contributed by atoms with Gasteiger partial charge in [-0.25, -0.2) is 9.13 Å². The average molecular weight is 374 g/mol. The van der Waals surface area contributed by atoms with E-state index < -0.39 is 6.10 Å². The Hall–Kier alpha value is -2.04. The number of imidazole rings is 1. The van der Waals surface area contributed by atoms with E-state index in [0.717, 1.165) is 24.9 Å². The van der Waals surface area contributed by atoms with E-state index >= 15 is 0 Å². The molecule has 0 saturated carbocycles. The first-order chi connectivity index (χ1) is 12.6. The van der Waals surface area contributed by atoms with Crippen LogP contribution >= 0.6 is 11.6 Å². The van der Waals surface area contributed by atoms with Crippen molar-refractivity contribution in [2.45, 2.75) is 45.9 Å². The average Bonchev–Trinajstić information content (AvgIpc) is 2.94. The van der Waals surface area contributed by atoms with Gasteiger partial charge in [-0.05, 0) is 49.7 Å². The zero-order chi connectivity index (χ0) is 18.5. The minimum absolute atomic E-state index is 0.242. The van der Waals surface area contributed by atoms with E-state index in [1.165, 1.54) is 11.3 Å². The maximum Gasteiger partial charge on any atom is 0.257 e. The first kappa shape index (κ1) is 18.7. The standard InChI is InChI=1S/C21H26ClN2O2/c1-3-7-21-23(4-2)19-8-5-6-9-20(19)24(21)14-17(25)15-26-18-12-10-16(22)11-13-18/h5-6,8-13,17,25H,3-4,7,14-15H2,1-2H3/q+1/t17-/m1/s1. The normalized spacial score (nSPS) is 12.5. The Morgan fingerprint density at radius 3 is 2.54 bits per heavy atom. The van der Waals surface area contributed by atoms with Crippen LogP contribution in [0.1, 0.15) is 26.1 Å². The van der Waals surface area contributed by atoms with Crippen molar-refractivity contribution in [3.63, 3.8) is 0 Å². The van der Waals surface area contributed by atoms with E-state index in [-0.39, 0.29) is 6.61 Å². The molecule has 4 nitrogen and oxygen atoms in total. The maximum atomic E-state index is 10.6. The molecular formula is C21H26ClN2O2+. The summed E-state index contributed by atoms with van der Waals surface area (Å²) in [6, 6.07) is 15.6. The summed E-state index contributed by atoms with van der Waals surface area (Å²) < 4.78 is 10.3. The molecule has 3 aromatic rings. The fraction of sp³-hybridized carbons (Fsp3) is 0.381. The van der Waals surface area contributed by atoms with Gasteiger partial charge >= 0.3 is 0 Å². The summed E-state index contributed by atoms with van der Waals surface area (Å²) in [5.41, 5.74) is 2.37. The molecule has 1 heterocycles. The molecule has 1 N–H and O–H groups in total. The van der Waals surface area contributed by atoms with Crippen LogP contribution in [0.4, 0.5) is 0 Å². The molecule has 1 aromatic heterocycles. The van der Waals surface area contributed by atoms with Crippen molar-refractivity contribution in [1.29, 1.82) is 0 Å². The Balaban J connectivity index is 1.80. The number of benzene rings is 2. The third-order valence-corrected chi connectivity index (χ3v) is 4.78. The number of para-hydroxylation sites is 2. The molecule has 0 spiro atoms. The summed E-state index contributed by atoms with van der Waals surface area (Å²) in [6.07, 6.45) is 1.45. The van der Waals surface area contributed by atoms with Gasteiger partial charge in [0.25, 0.3) is 5.82 Å². The highest BCUT2D eigenvalue weighted by Gasteiger charge is 2.25. The smallest absolute Gasteiger partial charge is 0.257 e. The first-order valence-corrected chi connectivity index (χ1v) is 9.58. The van der Waals surface area contributed by atoms with Crippen LogP contribution in [0.3, 0.4) is 0 Å². The summed E-state index contributed by atoms with van der Waals surface area (Å²) in [5.74, 6) is 1.96. The van der Waals surface area contributed by atoms with Gasteiger partial charge in [0.15, 0.2) is 11.0 Å². The van der Waals surface area contributed by atoms with Gasteiger partial charge in [-0.1, -0.05) is 30.7 Å². The van der Waals surface area contributed by atoms with Crippen LogP contribution in [0.25, 0.3) is 11.0 Å². The van der Waals surface area contributed by atoms with Gasteiger partial charge in [-0.2, -0.15) is 0 Å². The second-order valence-corrected chi connectivity index (χ2v) is 6.86. The zero-order valence-electron chi connectivity index (χ0n) is 15.4. The van der Waals surface area contributed by atoms with Crippen LogP contribution in [-0.2, 0) is 19.5 Å². The van der Waals surface area contributed by atoms with E-state index in [1.807, 2.05) is 18.2 Å². The topological polar surface area (TPSA) is 38.3 Å². The van der Waals surface area contributed by atoms with Crippen molar-refractivity contribution in [3.05, 3.63) is 59.4 Å². The molecule has 26 heavy (non-hydrogen) atoms. The summed E-state index contributed by atoms with van der Waals surface area (Å²) in [5, 5.41) is 11.2. The molecule has 0 fully saturated rings. The molecule has 0 amide bonds. The maximum absolute atomic E-state index is 10.6. The van der Waals surface area contributed by atoms with E-state index in [1.54, 1.807) is 12.1 Å². The SMILES string of the molecule is CCCc1n(CC)c2ccccc2[n+]1C[C@@H](O)COc1ccc(Cl)cc1. The Labute approximate surface area is 159 Å². The monoisotopic (exact) mass is 373 g/mol. The molecule has 0 radical (unpaired) electrons. The van der Waals surface area contributed by atoms with E-state index in [9.17, 15) is 5.11 Å². The molecule has 0 aliphatic carbocycles. The van der Waals surface area contributed by atoms with E-state index in [4.69, 9.17) is 16.3 Å². The van der Waals surface area contributed by atoms with Gasteiger partial charge in [0.05, 0.1) is 6.54 Å². The highest BCUT2D eigenvalue weighted by molar-refractivity contribution is 6.30. The molecule has 0 aliphatic rings. The van der Waals surface area contributed by atoms with Crippen molar-refractivity contribution in [3.8, 4) is 5.75 Å². The van der Waals surface area contributed by atoms with Crippen LogP contribution in [0.2, 0.25) is 5.02 Å². The van der Waals surface area contributed by atoms with E-state index in [2.05, 4.69) is 41.2 Å². The number of hydrogen-bond acceptors (Lipinski definition) is 2. The summed E-state index contributed by atoms with van der Waals surface area (Å²) in [7, 11) is 0. The lowest BCUT2D eigenvalue weighted by atomic mass is 10.3. The van der Waals surface area contributed by atoms with Gasteiger partial charge in [0, 0.05) is 11.4 Å². The third-order valence-electron chi connectivity index (χ3n) is 4.53. The van der Waals surface area contributed by atoms with Crippen LogP contribution in [-0.4, -0.2) is 22.4 Å². The number of aliphatic hydroxyl groups is 1. The van der Waals surface area contributed by atoms with Gasteiger partial charge < -0.3 is 9.84 Å². The van der Waals surface area contributed by atoms with Crippen molar-refractivity contribution >= 4 is 22.6 Å². The number of fused-ring (bicyclic) bond motifs is 1. The zero-order valence-corrected chi connectivity index (χ0v) is 16.1. The molecule has 1 atom stereocenters. The van der Waals surface area contributed by atoms with Crippen molar-refractivity contribution < 1.29 is 14.4 Å². The van der Waals surface area contributed by atoms with Crippen LogP contribution in [0.5, 0.6) is 5.75 Å². The van der Waals surface area contributed by atoms with Gasteiger partial charge in [-0.15, -0.1) is 0 Å². The Morgan fingerprint density at radius 1 is 1.12 bits per heavy atom. The quantitative estimate of drug-likeness (QED) is 0.606. The van der Waals surface area contributed by atoms with Crippen molar-refractivity contribution in [2.75, 3.05) is 6.61 Å². The van der Waals surface area contributed by atoms with Crippen LogP contribution in [0, 0.1) is 0 Å². The minimum Gasteiger partial charge on any atom is -0.491 e. The van der Waals surface area contributed by atoms with Gasteiger partial charge in [-0.3, -0.25) is 0 Å². The lowest BCUT2D eigenvalue weighted by Gasteiger charge is -2.12. The number of aromatic nitrogens is 2. The number of rotatable bonds is 8. The Morgan fingerprint density at radius 2 is 1.85 bits per heavy atom. The Bertz CT molecular complexity index is 858. The lowest BCUT2D eigenvalue weighted by molar-refractivity contribution is -0.687. The number of nitrogens with zero attached hydrogens (tertiary/aromatic N) is 2. The molecular weight excluding hydrogens is 348 g/mol. The molecule has 0 saturated heterocycles. The molecule has 0 bridgehead atoms. The second-order valence-electron chi connectivity index (χ2n) is 6.43. The third kappa shape index (κ3) is 4.02. The summed E-state index contributed by atoms with van der Waals surface area (Å²) in [4.78, 5) is 0. The van der Waals surface area contributed by atoms with Gasteiger partial charge in [0.2, 0.25) is 0 Å². The van der Waals surface area contributed by atoms with Crippen molar-refractivity contribution in [1.82, 2.24) is 4.57 Å². The number of ether oxygens (including phenoxy) is 1. The number of aryl methyl sites for hydroxylation is 1. The molecule has 138 valence electrons. The highest BCUT2D eigenvalue weighted by Crippen LogP contribution is 2.17. The molecule has 2 aromatic carbocycles. The predicted octanol–water partition coefficient (Wildman–Crippen LogP) is 3.99.